The van der Waals surface area contributed by atoms with Gasteiger partial charge in [-0.2, -0.15) is 0 Å². The molecule has 0 aliphatic rings. The molecule has 0 aromatic heterocycles. The normalized spacial score (nSPS) is 11.4. The molecule has 2 aromatic carbocycles. The van der Waals surface area contributed by atoms with E-state index in [9.17, 15) is 13.2 Å². The maximum Gasteiger partial charge on any atom is 0.239 e. The van der Waals surface area contributed by atoms with Crippen molar-refractivity contribution in [2.24, 2.45) is 0 Å². The lowest BCUT2D eigenvalue weighted by Crippen LogP contribution is -2.24. The number of amides is 1. The SMILES string of the molecule is COc1cccc(CS(=O)(=O)CC(=O)Nc2cccc(C(C)C)c2)c1. The fourth-order valence-corrected chi connectivity index (χ4v) is 3.70. The molecule has 134 valence electrons. The van der Waals surface area contributed by atoms with Crippen LogP contribution in [0.3, 0.4) is 0 Å². The van der Waals surface area contributed by atoms with E-state index in [1.165, 1.54) is 7.11 Å². The summed E-state index contributed by atoms with van der Waals surface area (Å²) >= 11 is 0. The lowest BCUT2D eigenvalue weighted by atomic mass is 10.0. The number of rotatable bonds is 7. The van der Waals surface area contributed by atoms with Gasteiger partial charge in [-0.15, -0.1) is 0 Å². The Morgan fingerprint density at radius 2 is 1.84 bits per heavy atom. The molecule has 0 bridgehead atoms. The first-order valence-electron chi connectivity index (χ1n) is 8.02. The van der Waals surface area contributed by atoms with Crippen LogP contribution < -0.4 is 10.1 Å². The van der Waals surface area contributed by atoms with E-state index in [0.29, 0.717) is 22.9 Å². The van der Waals surface area contributed by atoms with E-state index in [0.717, 1.165) is 5.56 Å². The van der Waals surface area contributed by atoms with Gasteiger partial charge in [-0.1, -0.05) is 38.1 Å². The van der Waals surface area contributed by atoms with Gasteiger partial charge >= 0.3 is 0 Å². The first kappa shape index (κ1) is 19.0. The number of carbonyl (C=O) groups excluding carboxylic acids is 1. The summed E-state index contributed by atoms with van der Waals surface area (Å²) in [6, 6.07) is 14.2. The molecule has 2 aromatic rings. The fourth-order valence-electron chi connectivity index (χ4n) is 2.44. The molecule has 1 amide bonds. The number of carbonyl (C=O) groups is 1. The van der Waals surface area contributed by atoms with Gasteiger partial charge in [0, 0.05) is 5.69 Å². The summed E-state index contributed by atoms with van der Waals surface area (Å²) in [6.45, 7) is 4.11. The molecule has 0 saturated carbocycles. The molecule has 2 rings (SSSR count). The third kappa shape index (κ3) is 5.90. The third-order valence-corrected chi connectivity index (χ3v) is 5.18. The van der Waals surface area contributed by atoms with Crippen LogP contribution in [0.5, 0.6) is 5.75 Å². The molecule has 0 atom stereocenters. The predicted molar refractivity (Wildman–Crippen MR) is 99.6 cm³/mol. The van der Waals surface area contributed by atoms with Crippen molar-refractivity contribution in [3.8, 4) is 5.75 Å². The minimum atomic E-state index is -3.57. The minimum absolute atomic E-state index is 0.205. The number of hydrogen-bond acceptors (Lipinski definition) is 4. The summed E-state index contributed by atoms with van der Waals surface area (Å²) in [5.41, 5.74) is 2.28. The molecule has 0 unspecified atom stereocenters. The highest BCUT2D eigenvalue weighted by Crippen LogP contribution is 2.19. The number of methoxy groups -OCH3 is 1. The summed E-state index contributed by atoms with van der Waals surface area (Å²) in [7, 11) is -2.05. The van der Waals surface area contributed by atoms with Gasteiger partial charge in [0.15, 0.2) is 9.84 Å². The van der Waals surface area contributed by atoms with Crippen molar-refractivity contribution in [1.82, 2.24) is 0 Å². The van der Waals surface area contributed by atoms with E-state index in [1.807, 2.05) is 18.2 Å². The van der Waals surface area contributed by atoms with E-state index in [1.54, 1.807) is 30.3 Å². The predicted octanol–water partition coefficient (Wildman–Crippen LogP) is 3.37. The molecule has 0 saturated heterocycles. The van der Waals surface area contributed by atoms with Gasteiger partial charge in [0.25, 0.3) is 0 Å². The molecule has 1 N–H and O–H groups in total. The van der Waals surface area contributed by atoms with Crippen molar-refractivity contribution >= 4 is 21.4 Å². The quantitative estimate of drug-likeness (QED) is 0.821. The Balaban J connectivity index is 2.02. The van der Waals surface area contributed by atoms with Crippen LogP contribution in [0.1, 0.15) is 30.9 Å². The summed E-state index contributed by atoms with van der Waals surface area (Å²) in [6.07, 6.45) is 0. The lowest BCUT2D eigenvalue weighted by molar-refractivity contribution is -0.113. The largest absolute Gasteiger partial charge is 0.497 e. The van der Waals surface area contributed by atoms with Gasteiger partial charge in [-0.3, -0.25) is 4.79 Å². The van der Waals surface area contributed by atoms with Crippen LogP contribution in [0.15, 0.2) is 48.5 Å². The average Bonchev–Trinajstić information content (AvgIpc) is 2.54. The highest BCUT2D eigenvalue weighted by molar-refractivity contribution is 7.91. The summed E-state index contributed by atoms with van der Waals surface area (Å²) in [4.78, 5) is 12.1. The highest BCUT2D eigenvalue weighted by atomic mass is 32.2. The van der Waals surface area contributed by atoms with Crippen molar-refractivity contribution in [2.75, 3.05) is 18.2 Å². The van der Waals surface area contributed by atoms with Crippen LogP contribution in [-0.2, 0) is 20.4 Å². The Kier molecular flexibility index (Phi) is 6.20. The van der Waals surface area contributed by atoms with E-state index < -0.39 is 21.5 Å². The topological polar surface area (TPSA) is 72.5 Å². The van der Waals surface area contributed by atoms with Gasteiger partial charge in [-0.25, -0.2) is 8.42 Å². The Labute approximate surface area is 148 Å². The number of anilines is 1. The van der Waals surface area contributed by atoms with Gasteiger partial charge in [0.2, 0.25) is 5.91 Å². The first-order chi connectivity index (χ1) is 11.8. The lowest BCUT2D eigenvalue weighted by Gasteiger charge is -2.10. The standard InChI is InChI=1S/C19H23NO4S/c1-14(2)16-7-5-8-17(11-16)20-19(21)13-25(22,23)12-15-6-4-9-18(10-15)24-3/h4-11,14H,12-13H2,1-3H3,(H,20,21). The minimum Gasteiger partial charge on any atom is -0.497 e. The molecule has 25 heavy (non-hydrogen) atoms. The number of hydrogen-bond donors (Lipinski definition) is 1. The Hall–Kier alpha value is -2.34. The van der Waals surface area contributed by atoms with Crippen molar-refractivity contribution in [2.45, 2.75) is 25.5 Å². The zero-order chi connectivity index (χ0) is 18.4. The second kappa shape index (κ2) is 8.16. The highest BCUT2D eigenvalue weighted by Gasteiger charge is 2.18. The van der Waals surface area contributed by atoms with Crippen LogP contribution in [0, 0.1) is 0 Å². The number of sulfone groups is 1. The Morgan fingerprint density at radius 3 is 2.52 bits per heavy atom. The molecular formula is C19H23NO4S. The molecule has 0 spiro atoms. The smallest absolute Gasteiger partial charge is 0.239 e. The second-order valence-corrected chi connectivity index (χ2v) is 8.28. The second-order valence-electron chi connectivity index (χ2n) is 6.21. The maximum atomic E-state index is 12.3. The first-order valence-corrected chi connectivity index (χ1v) is 9.84. The van der Waals surface area contributed by atoms with Crippen molar-refractivity contribution in [3.63, 3.8) is 0 Å². The summed E-state index contributed by atoms with van der Waals surface area (Å²) < 4.78 is 29.6. The third-order valence-electron chi connectivity index (χ3n) is 3.71. The van der Waals surface area contributed by atoms with Gasteiger partial charge in [-0.05, 0) is 41.3 Å². The van der Waals surface area contributed by atoms with E-state index in [-0.39, 0.29) is 5.75 Å². The Morgan fingerprint density at radius 1 is 1.12 bits per heavy atom. The Bertz CT molecular complexity index is 844. The molecule has 0 radical (unpaired) electrons. The van der Waals surface area contributed by atoms with Gasteiger partial charge < -0.3 is 10.1 Å². The van der Waals surface area contributed by atoms with Crippen molar-refractivity contribution in [3.05, 3.63) is 59.7 Å². The molecular weight excluding hydrogens is 338 g/mol. The van der Waals surface area contributed by atoms with Gasteiger partial charge in [0.1, 0.15) is 11.5 Å². The number of ether oxygens (including phenoxy) is 1. The van der Waals surface area contributed by atoms with Crippen LogP contribution in [-0.4, -0.2) is 27.2 Å². The summed E-state index contributed by atoms with van der Waals surface area (Å²) in [5.74, 6) is -0.389. The summed E-state index contributed by atoms with van der Waals surface area (Å²) in [5, 5.41) is 2.66. The molecule has 0 fully saturated rings. The molecule has 5 nitrogen and oxygen atoms in total. The zero-order valence-corrected chi connectivity index (χ0v) is 15.5. The molecule has 0 heterocycles. The van der Waals surface area contributed by atoms with Crippen LogP contribution in [0.25, 0.3) is 0 Å². The average molecular weight is 361 g/mol. The maximum absolute atomic E-state index is 12.3. The van der Waals surface area contributed by atoms with Crippen LogP contribution >= 0.6 is 0 Å². The zero-order valence-electron chi connectivity index (χ0n) is 14.7. The number of benzene rings is 2. The van der Waals surface area contributed by atoms with Crippen molar-refractivity contribution in [1.29, 1.82) is 0 Å². The monoisotopic (exact) mass is 361 g/mol. The molecule has 6 heteroatoms. The van der Waals surface area contributed by atoms with Gasteiger partial charge in [0.05, 0.1) is 12.9 Å². The van der Waals surface area contributed by atoms with Crippen LogP contribution in [0.2, 0.25) is 0 Å². The molecule has 0 aliphatic heterocycles. The number of nitrogens with one attached hydrogen (secondary N) is 1. The molecule has 0 aliphatic carbocycles. The van der Waals surface area contributed by atoms with E-state index >= 15 is 0 Å². The fraction of sp³-hybridized carbons (Fsp3) is 0.316. The van der Waals surface area contributed by atoms with Crippen molar-refractivity contribution < 1.29 is 17.9 Å². The van der Waals surface area contributed by atoms with E-state index in [2.05, 4.69) is 19.2 Å². The van der Waals surface area contributed by atoms with E-state index in [4.69, 9.17) is 4.74 Å². The van der Waals surface area contributed by atoms with Crippen LogP contribution in [0.4, 0.5) is 5.69 Å².